The highest BCUT2D eigenvalue weighted by Crippen LogP contribution is 2.26. The van der Waals surface area contributed by atoms with Gasteiger partial charge in [0, 0.05) is 50.2 Å². The zero-order chi connectivity index (χ0) is 21.1. The number of nitrogens with zero attached hydrogens (tertiary/aromatic N) is 4. The molecule has 0 unspecified atom stereocenters. The highest BCUT2D eigenvalue weighted by molar-refractivity contribution is 7.13. The van der Waals surface area contributed by atoms with E-state index in [2.05, 4.69) is 4.98 Å². The van der Waals surface area contributed by atoms with Gasteiger partial charge >= 0.3 is 11.8 Å². The average Bonchev–Trinajstić information content (AvgIpc) is 3.28. The van der Waals surface area contributed by atoms with Crippen molar-refractivity contribution in [3.63, 3.8) is 0 Å². The van der Waals surface area contributed by atoms with Crippen molar-refractivity contribution in [2.45, 2.75) is 0 Å². The van der Waals surface area contributed by atoms with Crippen LogP contribution in [0.25, 0.3) is 10.6 Å². The monoisotopic (exact) mass is 432 g/mol. The summed E-state index contributed by atoms with van der Waals surface area (Å²) in [4.78, 5) is 46.5. The van der Waals surface area contributed by atoms with E-state index in [4.69, 9.17) is 4.74 Å². The summed E-state index contributed by atoms with van der Waals surface area (Å²) >= 11 is 1.21. The van der Waals surface area contributed by atoms with E-state index >= 15 is 0 Å². The fourth-order valence-electron chi connectivity index (χ4n) is 3.44. The van der Waals surface area contributed by atoms with Gasteiger partial charge in [-0.2, -0.15) is 0 Å². The zero-order valence-electron chi connectivity index (χ0n) is 16.3. The molecule has 0 atom stereocenters. The molecule has 1 aromatic heterocycles. The maximum absolute atomic E-state index is 14.0. The topological polar surface area (TPSA) is 83.1 Å². The SMILES string of the molecule is O=C(C(=O)N1CCN(C(=O)c2csc(-c3ccccc3F)n2)CC1)N1CCOCC1. The maximum atomic E-state index is 14.0. The van der Waals surface area contributed by atoms with Crippen LogP contribution in [-0.2, 0) is 14.3 Å². The van der Waals surface area contributed by atoms with E-state index in [0.29, 0.717) is 50.0 Å². The molecule has 2 aliphatic rings. The predicted octanol–water partition coefficient (Wildman–Crippen LogP) is 1.09. The number of thiazole rings is 1. The number of aromatic nitrogens is 1. The highest BCUT2D eigenvalue weighted by Gasteiger charge is 2.32. The van der Waals surface area contributed by atoms with E-state index in [1.54, 1.807) is 28.5 Å². The molecule has 30 heavy (non-hydrogen) atoms. The second-order valence-corrected chi connectivity index (χ2v) is 7.86. The quantitative estimate of drug-likeness (QED) is 0.664. The number of hydrogen-bond donors (Lipinski definition) is 0. The molecule has 2 aromatic rings. The molecule has 2 aliphatic heterocycles. The summed E-state index contributed by atoms with van der Waals surface area (Å²) in [6, 6.07) is 6.30. The summed E-state index contributed by atoms with van der Waals surface area (Å²) in [6.45, 7) is 2.89. The molecule has 0 radical (unpaired) electrons. The van der Waals surface area contributed by atoms with Crippen LogP contribution < -0.4 is 0 Å². The highest BCUT2D eigenvalue weighted by atomic mass is 32.1. The van der Waals surface area contributed by atoms with E-state index in [0.717, 1.165) is 0 Å². The van der Waals surface area contributed by atoms with Gasteiger partial charge in [0.1, 0.15) is 16.5 Å². The largest absolute Gasteiger partial charge is 0.378 e. The third kappa shape index (κ3) is 4.19. The summed E-state index contributed by atoms with van der Waals surface area (Å²) in [5.41, 5.74) is 0.612. The van der Waals surface area contributed by atoms with Gasteiger partial charge in [0.25, 0.3) is 5.91 Å². The Morgan fingerprint density at radius 2 is 1.50 bits per heavy atom. The van der Waals surface area contributed by atoms with Gasteiger partial charge in [0.05, 0.1) is 13.2 Å². The summed E-state index contributed by atoms with van der Waals surface area (Å²) < 4.78 is 19.2. The molecule has 0 N–H and O–H groups in total. The smallest absolute Gasteiger partial charge is 0.312 e. The number of hydrogen-bond acceptors (Lipinski definition) is 6. The number of morpholine rings is 1. The number of benzene rings is 1. The van der Waals surface area contributed by atoms with Crippen molar-refractivity contribution in [2.24, 2.45) is 0 Å². The molecule has 4 rings (SSSR count). The fraction of sp³-hybridized carbons (Fsp3) is 0.400. The lowest BCUT2D eigenvalue weighted by Gasteiger charge is -2.35. The molecule has 3 heterocycles. The minimum absolute atomic E-state index is 0.252. The Bertz CT molecular complexity index is 952. The Hall–Kier alpha value is -2.85. The summed E-state index contributed by atoms with van der Waals surface area (Å²) in [7, 11) is 0. The van der Waals surface area contributed by atoms with Crippen molar-refractivity contribution in [2.75, 3.05) is 52.5 Å². The standard InChI is InChI=1S/C20H21FN4O4S/c21-15-4-2-1-3-14(15)17-22-16(13-30-17)18(26)23-5-7-24(8-6-23)19(27)20(28)25-9-11-29-12-10-25/h1-4,13H,5-12H2. The molecule has 0 aliphatic carbocycles. The number of rotatable bonds is 2. The van der Waals surface area contributed by atoms with Gasteiger partial charge in [-0.1, -0.05) is 12.1 Å². The third-order valence-corrected chi connectivity index (χ3v) is 6.04. The molecular formula is C20H21FN4O4S. The van der Waals surface area contributed by atoms with Crippen molar-refractivity contribution >= 4 is 29.1 Å². The minimum Gasteiger partial charge on any atom is -0.378 e. The summed E-state index contributed by atoms with van der Waals surface area (Å²) in [5, 5.41) is 2.06. The van der Waals surface area contributed by atoms with Gasteiger partial charge in [-0.05, 0) is 12.1 Å². The first-order valence-electron chi connectivity index (χ1n) is 9.70. The first-order chi connectivity index (χ1) is 14.5. The summed E-state index contributed by atoms with van der Waals surface area (Å²) in [6.07, 6.45) is 0. The lowest BCUT2D eigenvalue weighted by molar-refractivity contribution is -0.154. The van der Waals surface area contributed by atoms with Crippen LogP contribution in [0.2, 0.25) is 0 Å². The molecule has 10 heteroatoms. The Morgan fingerprint density at radius 1 is 0.900 bits per heavy atom. The van der Waals surface area contributed by atoms with Crippen LogP contribution in [0.15, 0.2) is 29.6 Å². The van der Waals surface area contributed by atoms with Crippen molar-refractivity contribution in [1.29, 1.82) is 0 Å². The predicted molar refractivity (Wildman–Crippen MR) is 107 cm³/mol. The Kier molecular flexibility index (Phi) is 6.05. The van der Waals surface area contributed by atoms with Gasteiger partial charge in [-0.15, -0.1) is 11.3 Å². The van der Waals surface area contributed by atoms with Crippen LogP contribution in [-0.4, -0.2) is 89.9 Å². The number of amides is 3. The van der Waals surface area contributed by atoms with Crippen molar-refractivity contribution in [3.8, 4) is 10.6 Å². The van der Waals surface area contributed by atoms with Gasteiger partial charge in [0.2, 0.25) is 0 Å². The Balaban J connectivity index is 1.35. The number of halogens is 1. The zero-order valence-corrected chi connectivity index (χ0v) is 17.1. The molecule has 158 valence electrons. The molecule has 1 aromatic carbocycles. The van der Waals surface area contributed by atoms with Gasteiger partial charge in [-0.25, -0.2) is 9.37 Å². The number of piperazine rings is 1. The normalized spacial score (nSPS) is 17.2. The van der Waals surface area contributed by atoms with Crippen LogP contribution in [0.3, 0.4) is 0 Å². The van der Waals surface area contributed by atoms with Gasteiger partial charge in [-0.3, -0.25) is 14.4 Å². The molecule has 8 nitrogen and oxygen atoms in total. The molecule has 0 bridgehead atoms. The first-order valence-corrected chi connectivity index (χ1v) is 10.6. The van der Waals surface area contributed by atoms with Gasteiger partial charge < -0.3 is 19.4 Å². The molecule has 0 spiro atoms. The van der Waals surface area contributed by atoms with Crippen LogP contribution in [0.4, 0.5) is 4.39 Å². The number of ether oxygens (including phenoxy) is 1. The Labute approximate surface area is 176 Å². The summed E-state index contributed by atoms with van der Waals surface area (Å²) in [5.74, 6) is -1.71. The number of carbonyl (C=O) groups is 3. The molecule has 2 saturated heterocycles. The second-order valence-electron chi connectivity index (χ2n) is 7.01. The van der Waals surface area contributed by atoms with Gasteiger partial charge in [0.15, 0.2) is 0 Å². The first kappa shape index (κ1) is 20.4. The average molecular weight is 432 g/mol. The van der Waals surface area contributed by atoms with Crippen LogP contribution >= 0.6 is 11.3 Å². The van der Waals surface area contributed by atoms with Crippen molar-refractivity contribution in [1.82, 2.24) is 19.7 Å². The number of carbonyl (C=O) groups excluding carboxylic acids is 3. The fourth-order valence-corrected chi connectivity index (χ4v) is 4.26. The molecule has 3 amide bonds. The van der Waals surface area contributed by atoms with E-state index in [1.165, 1.54) is 27.2 Å². The van der Waals surface area contributed by atoms with Crippen LogP contribution in [0.1, 0.15) is 10.5 Å². The molecular weight excluding hydrogens is 411 g/mol. The van der Waals surface area contributed by atoms with Crippen molar-refractivity contribution in [3.05, 3.63) is 41.2 Å². The third-order valence-electron chi connectivity index (χ3n) is 5.16. The van der Waals surface area contributed by atoms with Crippen molar-refractivity contribution < 1.29 is 23.5 Å². The Morgan fingerprint density at radius 3 is 2.17 bits per heavy atom. The van der Waals surface area contributed by atoms with E-state index in [9.17, 15) is 18.8 Å². The minimum atomic E-state index is -0.542. The second kappa shape index (κ2) is 8.88. The van der Waals surface area contributed by atoms with Crippen LogP contribution in [0.5, 0.6) is 0 Å². The molecule has 0 saturated carbocycles. The maximum Gasteiger partial charge on any atom is 0.312 e. The van der Waals surface area contributed by atoms with E-state index in [-0.39, 0.29) is 30.5 Å². The lowest BCUT2D eigenvalue weighted by Crippen LogP contribution is -2.55. The van der Waals surface area contributed by atoms with E-state index < -0.39 is 11.8 Å². The molecule has 2 fully saturated rings. The lowest BCUT2D eigenvalue weighted by atomic mass is 10.2. The van der Waals surface area contributed by atoms with E-state index in [1.807, 2.05) is 0 Å². The van der Waals surface area contributed by atoms with Crippen LogP contribution in [0, 0.1) is 5.82 Å².